The lowest BCUT2D eigenvalue weighted by Gasteiger charge is -2.21. The van der Waals surface area contributed by atoms with Crippen LogP contribution in [0.5, 0.6) is 0 Å². The number of nitrogens with zero attached hydrogens (tertiary/aromatic N) is 2. The third kappa shape index (κ3) is 6.05. The molecule has 0 aliphatic heterocycles. The van der Waals surface area contributed by atoms with E-state index in [9.17, 15) is 4.79 Å². The monoisotopic (exact) mass is 368 g/mol. The number of aliphatic imine (C=N–C) groups is 1. The summed E-state index contributed by atoms with van der Waals surface area (Å²) in [7, 11) is 3.45. The van der Waals surface area contributed by atoms with Crippen LogP contribution in [0, 0.1) is 0 Å². The Hall–Kier alpha value is -1.56. The zero-order valence-corrected chi connectivity index (χ0v) is 15.4. The Morgan fingerprint density at radius 1 is 1.23 bits per heavy atom. The van der Waals surface area contributed by atoms with E-state index in [1.807, 2.05) is 32.0 Å². The standard InChI is InChI=1S/C16H25BrN4O/c1-11(2)19-16(18-10-15(22)21(4)5)20-12(3)13-8-6-7-9-14(13)17/h6-9,11-12H,10H2,1-5H3,(H2,18,19,20). The van der Waals surface area contributed by atoms with Crippen LogP contribution in [-0.4, -0.2) is 43.4 Å². The van der Waals surface area contributed by atoms with Crippen molar-refractivity contribution in [3.05, 3.63) is 34.3 Å². The fourth-order valence-electron chi connectivity index (χ4n) is 1.80. The molecule has 2 N–H and O–H groups in total. The van der Waals surface area contributed by atoms with Gasteiger partial charge in [0.2, 0.25) is 5.91 Å². The van der Waals surface area contributed by atoms with E-state index in [1.54, 1.807) is 14.1 Å². The van der Waals surface area contributed by atoms with E-state index in [1.165, 1.54) is 4.90 Å². The van der Waals surface area contributed by atoms with Gasteiger partial charge in [-0.3, -0.25) is 4.79 Å². The number of guanidine groups is 1. The van der Waals surface area contributed by atoms with E-state index in [0.717, 1.165) is 10.0 Å². The number of likely N-dealkylation sites (N-methyl/N-ethyl adjacent to an activating group) is 1. The lowest BCUT2D eigenvalue weighted by atomic mass is 10.1. The summed E-state index contributed by atoms with van der Waals surface area (Å²) in [6.07, 6.45) is 0. The number of halogens is 1. The van der Waals surface area contributed by atoms with Crippen molar-refractivity contribution in [1.29, 1.82) is 0 Å². The van der Waals surface area contributed by atoms with Gasteiger partial charge in [-0.25, -0.2) is 4.99 Å². The normalized spacial score (nSPS) is 13.0. The van der Waals surface area contributed by atoms with Crippen LogP contribution in [0.4, 0.5) is 0 Å². The predicted octanol–water partition coefficient (Wildman–Crippen LogP) is 2.54. The fraction of sp³-hybridized carbons (Fsp3) is 0.500. The van der Waals surface area contributed by atoms with Crippen LogP contribution >= 0.6 is 15.9 Å². The van der Waals surface area contributed by atoms with Crippen LogP contribution in [0.25, 0.3) is 0 Å². The van der Waals surface area contributed by atoms with E-state index >= 15 is 0 Å². The maximum absolute atomic E-state index is 11.7. The molecule has 1 aromatic carbocycles. The van der Waals surface area contributed by atoms with Crippen LogP contribution in [0.1, 0.15) is 32.4 Å². The quantitative estimate of drug-likeness (QED) is 0.620. The summed E-state index contributed by atoms with van der Waals surface area (Å²) in [6, 6.07) is 8.34. The molecule has 0 radical (unpaired) electrons. The highest BCUT2D eigenvalue weighted by atomic mass is 79.9. The fourth-order valence-corrected chi connectivity index (χ4v) is 2.43. The van der Waals surface area contributed by atoms with Gasteiger partial charge in [0.15, 0.2) is 5.96 Å². The topological polar surface area (TPSA) is 56.7 Å². The predicted molar refractivity (Wildman–Crippen MR) is 95.0 cm³/mol. The number of nitrogens with one attached hydrogen (secondary N) is 2. The molecule has 5 nitrogen and oxygen atoms in total. The molecule has 0 saturated heterocycles. The Kier molecular flexibility index (Phi) is 7.38. The van der Waals surface area contributed by atoms with E-state index in [0.29, 0.717) is 5.96 Å². The van der Waals surface area contributed by atoms with Gasteiger partial charge >= 0.3 is 0 Å². The molecule has 1 unspecified atom stereocenters. The molecular formula is C16H25BrN4O. The molecule has 0 heterocycles. The van der Waals surface area contributed by atoms with Gasteiger partial charge in [-0.2, -0.15) is 0 Å². The molecule has 0 aliphatic carbocycles. The molecule has 1 aromatic rings. The van der Waals surface area contributed by atoms with Crippen molar-refractivity contribution in [3.8, 4) is 0 Å². The molecule has 1 rings (SSSR count). The second kappa shape index (κ2) is 8.78. The molecule has 0 saturated carbocycles. The first-order valence-electron chi connectivity index (χ1n) is 7.33. The van der Waals surface area contributed by atoms with E-state index in [2.05, 4.69) is 44.5 Å². The van der Waals surface area contributed by atoms with Gasteiger partial charge in [0, 0.05) is 24.6 Å². The molecule has 1 atom stereocenters. The number of amides is 1. The summed E-state index contributed by atoms with van der Waals surface area (Å²) < 4.78 is 1.04. The summed E-state index contributed by atoms with van der Waals surface area (Å²) in [5, 5.41) is 6.58. The van der Waals surface area contributed by atoms with Crippen LogP contribution in [0.3, 0.4) is 0 Å². The Bertz CT molecular complexity index is 529. The lowest BCUT2D eigenvalue weighted by molar-refractivity contribution is -0.127. The van der Waals surface area contributed by atoms with Crippen molar-refractivity contribution < 1.29 is 4.79 Å². The molecule has 6 heteroatoms. The average molecular weight is 369 g/mol. The van der Waals surface area contributed by atoms with Crippen LogP contribution in [0.15, 0.2) is 33.7 Å². The van der Waals surface area contributed by atoms with Gasteiger partial charge < -0.3 is 15.5 Å². The maximum Gasteiger partial charge on any atom is 0.243 e. The zero-order valence-electron chi connectivity index (χ0n) is 13.9. The molecule has 122 valence electrons. The van der Waals surface area contributed by atoms with Crippen LogP contribution in [0.2, 0.25) is 0 Å². The smallest absolute Gasteiger partial charge is 0.243 e. The molecule has 1 amide bonds. The van der Waals surface area contributed by atoms with Crippen molar-refractivity contribution >= 4 is 27.8 Å². The SMILES string of the molecule is CC(C)NC(=NCC(=O)N(C)C)NC(C)c1ccccc1Br. The number of hydrogen-bond acceptors (Lipinski definition) is 2. The highest BCUT2D eigenvalue weighted by Gasteiger charge is 2.12. The van der Waals surface area contributed by atoms with Crippen molar-refractivity contribution in [2.75, 3.05) is 20.6 Å². The van der Waals surface area contributed by atoms with Gasteiger partial charge in [-0.15, -0.1) is 0 Å². The maximum atomic E-state index is 11.7. The van der Waals surface area contributed by atoms with Crippen molar-refractivity contribution in [3.63, 3.8) is 0 Å². The van der Waals surface area contributed by atoms with Crippen molar-refractivity contribution in [2.24, 2.45) is 4.99 Å². The van der Waals surface area contributed by atoms with Crippen LogP contribution < -0.4 is 10.6 Å². The number of rotatable bonds is 5. The highest BCUT2D eigenvalue weighted by molar-refractivity contribution is 9.10. The summed E-state index contributed by atoms with van der Waals surface area (Å²) in [5.41, 5.74) is 1.14. The van der Waals surface area contributed by atoms with Gasteiger partial charge in [-0.1, -0.05) is 34.1 Å². The molecule has 0 spiro atoms. The first-order chi connectivity index (χ1) is 10.3. The summed E-state index contributed by atoms with van der Waals surface area (Å²) >= 11 is 3.56. The minimum Gasteiger partial charge on any atom is -0.354 e. The lowest BCUT2D eigenvalue weighted by Crippen LogP contribution is -2.43. The van der Waals surface area contributed by atoms with Gasteiger partial charge in [0.1, 0.15) is 6.54 Å². The minimum atomic E-state index is -0.0293. The summed E-state index contributed by atoms with van der Waals surface area (Å²) in [5.74, 6) is 0.604. The van der Waals surface area contributed by atoms with Gasteiger partial charge in [0.25, 0.3) is 0 Å². The second-order valence-electron chi connectivity index (χ2n) is 5.64. The molecule has 0 bridgehead atoms. The summed E-state index contributed by atoms with van der Waals surface area (Å²) in [6.45, 7) is 6.26. The summed E-state index contributed by atoms with van der Waals surface area (Å²) in [4.78, 5) is 17.6. The number of carbonyl (C=O) groups is 1. The molecule has 0 aromatic heterocycles. The minimum absolute atomic E-state index is 0.0293. The van der Waals surface area contributed by atoms with Crippen molar-refractivity contribution in [2.45, 2.75) is 32.9 Å². The molecule has 0 fully saturated rings. The third-order valence-electron chi connectivity index (χ3n) is 3.02. The first-order valence-corrected chi connectivity index (χ1v) is 8.12. The van der Waals surface area contributed by atoms with Crippen molar-refractivity contribution in [1.82, 2.24) is 15.5 Å². The van der Waals surface area contributed by atoms with Crippen LogP contribution in [-0.2, 0) is 4.79 Å². The Morgan fingerprint density at radius 3 is 2.41 bits per heavy atom. The number of benzene rings is 1. The van der Waals surface area contributed by atoms with E-state index in [-0.39, 0.29) is 24.5 Å². The number of hydrogen-bond donors (Lipinski definition) is 2. The largest absolute Gasteiger partial charge is 0.354 e. The average Bonchev–Trinajstić information content (AvgIpc) is 2.43. The Morgan fingerprint density at radius 2 is 1.86 bits per heavy atom. The molecular weight excluding hydrogens is 344 g/mol. The molecule has 22 heavy (non-hydrogen) atoms. The number of carbonyl (C=O) groups excluding carboxylic acids is 1. The Balaban J connectivity index is 2.82. The Labute approximate surface area is 141 Å². The highest BCUT2D eigenvalue weighted by Crippen LogP contribution is 2.22. The second-order valence-corrected chi connectivity index (χ2v) is 6.49. The molecule has 0 aliphatic rings. The van der Waals surface area contributed by atoms with Gasteiger partial charge in [0.05, 0.1) is 6.04 Å². The first kappa shape index (κ1) is 18.5. The van der Waals surface area contributed by atoms with Gasteiger partial charge in [-0.05, 0) is 32.4 Å². The van der Waals surface area contributed by atoms with E-state index < -0.39 is 0 Å². The third-order valence-corrected chi connectivity index (χ3v) is 3.74. The van der Waals surface area contributed by atoms with E-state index in [4.69, 9.17) is 0 Å². The zero-order chi connectivity index (χ0) is 16.7.